The lowest BCUT2D eigenvalue weighted by molar-refractivity contribution is -0.185. The zero-order chi connectivity index (χ0) is 13.8. The van der Waals surface area contributed by atoms with E-state index in [9.17, 15) is 9.59 Å². The van der Waals surface area contributed by atoms with Gasteiger partial charge in [-0.15, -0.1) is 0 Å². The van der Waals surface area contributed by atoms with Crippen molar-refractivity contribution in [1.82, 2.24) is 0 Å². The minimum atomic E-state index is -0.736. The molecule has 0 aromatic rings. The van der Waals surface area contributed by atoms with Gasteiger partial charge >= 0.3 is 11.9 Å². The van der Waals surface area contributed by atoms with Crippen LogP contribution in [0.4, 0.5) is 0 Å². The summed E-state index contributed by atoms with van der Waals surface area (Å²) >= 11 is 0. The molecule has 4 nitrogen and oxygen atoms in total. The Morgan fingerprint density at radius 2 is 1.56 bits per heavy atom. The zero-order valence-electron chi connectivity index (χ0n) is 11.6. The molecule has 0 aliphatic heterocycles. The fourth-order valence-electron chi connectivity index (χ4n) is 1.49. The molecule has 0 heterocycles. The maximum Gasteiger partial charge on any atom is 0.305 e. The summed E-state index contributed by atoms with van der Waals surface area (Å²) in [4.78, 5) is 21.6. The number of unbranched alkanes of at least 4 members (excludes halogenated alkanes) is 3. The molecule has 0 atom stereocenters. The van der Waals surface area contributed by atoms with Crippen molar-refractivity contribution in [3.05, 3.63) is 12.2 Å². The maximum atomic E-state index is 10.8. The van der Waals surface area contributed by atoms with E-state index in [2.05, 4.69) is 19.1 Å². The minimum Gasteiger partial charge on any atom is -0.425 e. The SMILES string of the molecule is CCC/C=C/CCCCC(OC(C)=O)OC(C)=O. The first-order valence-electron chi connectivity index (χ1n) is 6.55. The average Bonchev–Trinajstić information content (AvgIpc) is 2.26. The van der Waals surface area contributed by atoms with Gasteiger partial charge in [0.05, 0.1) is 0 Å². The first-order chi connectivity index (χ1) is 8.56. The highest BCUT2D eigenvalue weighted by molar-refractivity contribution is 5.68. The lowest BCUT2D eigenvalue weighted by Crippen LogP contribution is -2.22. The molecule has 0 radical (unpaired) electrons. The molecule has 18 heavy (non-hydrogen) atoms. The third-order valence-corrected chi connectivity index (χ3v) is 2.28. The quantitative estimate of drug-likeness (QED) is 0.275. The van der Waals surface area contributed by atoms with E-state index >= 15 is 0 Å². The first-order valence-corrected chi connectivity index (χ1v) is 6.55. The van der Waals surface area contributed by atoms with Crippen molar-refractivity contribution < 1.29 is 19.1 Å². The third-order valence-electron chi connectivity index (χ3n) is 2.28. The van der Waals surface area contributed by atoms with Crippen LogP contribution in [0, 0.1) is 0 Å². The minimum absolute atomic E-state index is 0.427. The Morgan fingerprint density at radius 3 is 2.06 bits per heavy atom. The second kappa shape index (κ2) is 10.8. The Kier molecular flexibility index (Phi) is 10.0. The number of hydrogen-bond acceptors (Lipinski definition) is 4. The van der Waals surface area contributed by atoms with E-state index in [1.807, 2.05) is 0 Å². The smallest absolute Gasteiger partial charge is 0.305 e. The molecular formula is C14H24O4. The Hall–Kier alpha value is -1.32. The fraction of sp³-hybridized carbons (Fsp3) is 0.714. The number of esters is 2. The van der Waals surface area contributed by atoms with Crippen LogP contribution in [0.25, 0.3) is 0 Å². The molecule has 0 N–H and O–H groups in total. The number of carbonyl (C=O) groups excluding carboxylic acids is 2. The molecule has 0 saturated carbocycles. The second-order valence-electron chi connectivity index (χ2n) is 4.19. The summed E-state index contributed by atoms with van der Waals surface area (Å²) in [6, 6.07) is 0. The summed E-state index contributed by atoms with van der Waals surface area (Å²) in [5, 5.41) is 0. The van der Waals surface area contributed by atoms with E-state index < -0.39 is 18.2 Å². The van der Waals surface area contributed by atoms with Crippen molar-refractivity contribution in [2.45, 2.75) is 65.6 Å². The van der Waals surface area contributed by atoms with Crippen LogP contribution < -0.4 is 0 Å². The van der Waals surface area contributed by atoms with Gasteiger partial charge in [0.15, 0.2) is 0 Å². The molecule has 0 bridgehead atoms. The van der Waals surface area contributed by atoms with Crippen molar-refractivity contribution in [2.24, 2.45) is 0 Å². The highest BCUT2D eigenvalue weighted by atomic mass is 16.7. The van der Waals surface area contributed by atoms with Crippen molar-refractivity contribution in [1.29, 1.82) is 0 Å². The van der Waals surface area contributed by atoms with Crippen molar-refractivity contribution in [2.75, 3.05) is 0 Å². The van der Waals surface area contributed by atoms with E-state index in [-0.39, 0.29) is 0 Å². The maximum absolute atomic E-state index is 10.8. The summed E-state index contributed by atoms with van der Waals surface area (Å²) in [6.07, 6.45) is 9.31. The molecule has 0 aliphatic rings. The summed E-state index contributed by atoms with van der Waals surface area (Å²) in [5.74, 6) is -0.854. The van der Waals surface area contributed by atoms with E-state index in [1.54, 1.807) is 0 Å². The van der Waals surface area contributed by atoms with Gasteiger partial charge in [-0.05, 0) is 25.7 Å². The van der Waals surface area contributed by atoms with Crippen LogP contribution in [0.2, 0.25) is 0 Å². The van der Waals surface area contributed by atoms with Gasteiger partial charge in [-0.3, -0.25) is 9.59 Å². The summed E-state index contributed by atoms with van der Waals surface area (Å²) < 4.78 is 9.81. The van der Waals surface area contributed by atoms with Gasteiger partial charge in [0.25, 0.3) is 0 Å². The molecule has 4 heteroatoms. The van der Waals surface area contributed by atoms with Gasteiger partial charge in [-0.1, -0.05) is 25.5 Å². The van der Waals surface area contributed by atoms with Crippen LogP contribution in [-0.4, -0.2) is 18.2 Å². The van der Waals surface area contributed by atoms with Gasteiger partial charge in [0.2, 0.25) is 6.29 Å². The summed E-state index contributed by atoms with van der Waals surface area (Å²) in [7, 11) is 0. The lowest BCUT2D eigenvalue weighted by atomic mass is 10.1. The van der Waals surface area contributed by atoms with Crippen LogP contribution >= 0.6 is 0 Å². The van der Waals surface area contributed by atoms with Crippen LogP contribution in [0.15, 0.2) is 12.2 Å². The largest absolute Gasteiger partial charge is 0.425 e. The molecule has 0 aliphatic carbocycles. The Labute approximate surface area is 109 Å². The van der Waals surface area contributed by atoms with E-state index in [0.29, 0.717) is 6.42 Å². The molecule has 0 aromatic carbocycles. The zero-order valence-corrected chi connectivity index (χ0v) is 11.6. The molecule has 0 unspecified atom stereocenters. The number of ether oxygens (including phenoxy) is 2. The number of hydrogen-bond donors (Lipinski definition) is 0. The van der Waals surface area contributed by atoms with E-state index in [0.717, 1.165) is 32.1 Å². The molecule has 0 saturated heterocycles. The molecule has 0 fully saturated rings. The molecular weight excluding hydrogens is 232 g/mol. The first kappa shape index (κ1) is 16.7. The Bertz CT molecular complexity index is 255. The molecule has 0 rings (SSSR count). The number of carbonyl (C=O) groups is 2. The third kappa shape index (κ3) is 11.2. The van der Waals surface area contributed by atoms with Crippen LogP contribution in [0.3, 0.4) is 0 Å². The fourth-order valence-corrected chi connectivity index (χ4v) is 1.49. The standard InChI is InChI=1S/C14H24O4/c1-4-5-6-7-8-9-10-11-14(17-12(2)15)18-13(3)16/h6-7,14H,4-5,8-11H2,1-3H3/b7-6+. The predicted molar refractivity (Wildman–Crippen MR) is 69.8 cm³/mol. The molecule has 0 amide bonds. The molecule has 0 aromatic heterocycles. The monoisotopic (exact) mass is 256 g/mol. The average molecular weight is 256 g/mol. The van der Waals surface area contributed by atoms with Crippen molar-refractivity contribution >= 4 is 11.9 Å². The van der Waals surface area contributed by atoms with Gasteiger partial charge in [0.1, 0.15) is 0 Å². The van der Waals surface area contributed by atoms with Gasteiger partial charge in [0, 0.05) is 20.3 Å². The topological polar surface area (TPSA) is 52.6 Å². The van der Waals surface area contributed by atoms with E-state index in [1.165, 1.54) is 13.8 Å². The van der Waals surface area contributed by atoms with Crippen molar-refractivity contribution in [3.63, 3.8) is 0 Å². The van der Waals surface area contributed by atoms with Gasteiger partial charge < -0.3 is 9.47 Å². The highest BCUT2D eigenvalue weighted by Gasteiger charge is 2.14. The second-order valence-corrected chi connectivity index (χ2v) is 4.19. The predicted octanol–water partition coefficient (Wildman–Crippen LogP) is 3.36. The highest BCUT2D eigenvalue weighted by Crippen LogP contribution is 2.09. The van der Waals surface area contributed by atoms with E-state index in [4.69, 9.17) is 9.47 Å². The van der Waals surface area contributed by atoms with Crippen molar-refractivity contribution in [3.8, 4) is 0 Å². The Balaban J connectivity index is 3.75. The van der Waals surface area contributed by atoms with Crippen LogP contribution in [0.5, 0.6) is 0 Å². The van der Waals surface area contributed by atoms with Crippen LogP contribution in [0.1, 0.15) is 59.3 Å². The van der Waals surface area contributed by atoms with Gasteiger partial charge in [-0.25, -0.2) is 0 Å². The summed E-state index contributed by atoms with van der Waals surface area (Å²) in [5.41, 5.74) is 0. The molecule has 104 valence electrons. The Morgan fingerprint density at radius 1 is 1.00 bits per heavy atom. The van der Waals surface area contributed by atoms with Crippen LogP contribution in [-0.2, 0) is 19.1 Å². The summed E-state index contributed by atoms with van der Waals surface area (Å²) in [6.45, 7) is 4.76. The number of allylic oxidation sites excluding steroid dienone is 2. The normalized spacial score (nSPS) is 10.9. The van der Waals surface area contributed by atoms with Gasteiger partial charge in [-0.2, -0.15) is 0 Å². The lowest BCUT2D eigenvalue weighted by Gasteiger charge is -2.16. The molecule has 0 spiro atoms. The number of rotatable bonds is 9.